The molecule has 16 heavy (non-hydrogen) atoms. The summed E-state index contributed by atoms with van der Waals surface area (Å²) in [7, 11) is 0. The van der Waals surface area contributed by atoms with Crippen molar-refractivity contribution < 1.29 is 5.11 Å². The number of phenols is 1. The molecule has 0 saturated carbocycles. The minimum Gasteiger partial charge on any atom is -0.508 e. The monoisotopic (exact) mass is 215 g/mol. The van der Waals surface area contributed by atoms with Crippen molar-refractivity contribution in [1.29, 1.82) is 0 Å². The molecular weight excluding hydrogens is 198 g/mol. The number of hydrogen-bond donors (Lipinski definition) is 2. The number of benzene rings is 2. The van der Waals surface area contributed by atoms with Gasteiger partial charge in [0.2, 0.25) is 0 Å². The predicted molar refractivity (Wildman–Crippen MR) is 68.9 cm³/mol. The van der Waals surface area contributed by atoms with Crippen LogP contribution < -0.4 is 5.32 Å². The maximum absolute atomic E-state index is 9.50. The summed E-state index contributed by atoms with van der Waals surface area (Å²) >= 11 is 0. The van der Waals surface area contributed by atoms with Crippen LogP contribution in [0.15, 0.2) is 36.4 Å². The molecule has 0 heterocycles. The number of nitrogens with one attached hydrogen (secondary N) is 1. The molecule has 0 bridgehead atoms. The molecule has 0 aliphatic carbocycles. The van der Waals surface area contributed by atoms with Crippen molar-refractivity contribution in [3.05, 3.63) is 36.4 Å². The van der Waals surface area contributed by atoms with E-state index in [-0.39, 0.29) is 0 Å². The molecule has 84 valence electrons. The summed E-state index contributed by atoms with van der Waals surface area (Å²) in [5.41, 5.74) is 1.09. The lowest BCUT2D eigenvalue weighted by Gasteiger charge is -2.11. The van der Waals surface area contributed by atoms with Gasteiger partial charge in [-0.25, -0.2) is 0 Å². The minimum atomic E-state index is 0.311. The standard InChI is InChI=1S/C14H17NO/c1-10(2)9-15-14-5-3-4-11-6-7-12(16)8-13(11)14/h3-8,10,15-16H,9H2,1-2H3. The first-order valence-corrected chi connectivity index (χ1v) is 5.62. The highest BCUT2D eigenvalue weighted by Crippen LogP contribution is 2.26. The van der Waals surface area contributed by atoms with Crippen molar-refractivity contribution in [2.75, 3.05) is 11.9 Å². The Labute approximate surface area is 95.9 Å². The summed E-state index contributed by atoms with van der Waals surface area (Å²) in [5.74, 6) is 0.916. The molecule has 0 atom stereocenters. The highest BCUT2D eigenvalue weighted by molar-refractivity contribution is 5.94. The maximum atomic E-state index is 9.50. The summed E-state index contributed by atoms with van der Waals surface area (Å²) < 4.78 is 0. The van der Waals surface area contributed by atoms with Crippen molar-refractivity contribution in [3.8, 4) is 5.75 Å². The molecule has 0 unspecified atom stereocenters. The fraction of sp³-hybridized carbons (Fsp3) is 0.286. The van der Waals surface area contributed by atoms with Crippen LogP contribution in [-0.2, 0) is 0 Å². The predicted octanol–water partition coefficient (Wildman–Crippen LogP) is 3.61. The third-order valence-electron chi connectivity index (χ3n) is 2.57. The van der Waals surface area contributed by atoms with Crippen LogP contribution in [0.1, 0.15) is 13.8 Å². The number of phenolic OH excluding ortho intramolecular Hbond substituents is 1. The number of hydrogen-bond acceptors (Lipinski definition) is 2. The van der Waals surface area contributed by atoms with Crippen LogP contribution in [0.4, 0.5) is 5.69 Å². The van der Waals surface area contributed by atoms with E-state index in [1.807, 2.05) is 18.2 Å². The summed E-state index contributed by atoms with van der Waals surface area (Å²) in [4.78, 5) is 0. The normalized spacial score (nSPS) is 10.9. The Morgan fingerprint density at radius 1 is 1.19 bits per heavy atom. The molecule has 2 rings (SSSR count). The maximum Gasteiger partial charge on any atom is 0.116 e. The van der Waals surface area contributed by atoms with Gasteiger partial charge in [0, 0.05) is 17.6 Å². The second kappa shape index (κ2) is 4.44. The zero-order valence-corrected chi connectivity index (χ0v) is 9.70. The van der Waals surface area contributed by atoms with Crippen molar-refractivity contribution in [2.45, 2.75) is 13.8 Å². The summed E-state index contributed by atoms with van der Waals surface area (Å²) in [6, 6.07) is 11.6. The van der Waals surface area contributed by atoms with Crippen molar-refractivity contribution in [2.24, 2.45) is 5.92 Å². The first kappa shape index (κ1) is 10.8. The first-order valence-electron chi connectivity index (χ1n) is 5.62. The highest BCUT2D eigenvalue weighted by Gasteiger charge is 2.02. The van der Waals surface area contributed by atoms with Crippen LogP contribution >= 0.6 is 0 Å². The Hall–Kier alpha value is -1.70. The van der Waals surface area contributed by atoms with Gasteiger partial charge in [0.1, 0.15) is 5.75 Å². The molecule has 2 N–H and O–H groups in total. The van der Waals surface area contributed by atoms with Crippen LogP contribution in [-0.4, -0.2) is 11.7 Å². The SMILES string of the molecule is CC(C)CNc1cccc2ccc(O)cc12. The quantitative estimate of drug-likeness (QED) is 0.819. The van der Waals surface area contributed by atoms with E-state index in [9.17, 15) is 5.11 Å². The molecule has 0 aromatic heterocycles. The highest BCUT2D eigenvalue weighted by atomic mass is 16.3. The van der Waals surface area contributed by atoms with Gasteiger partial charge < -0.3 is 10.4 Å². The number of rotatable bonds is 3. The largest absolute Gasteiger partial charge is 0.508 e. The summed E-state index contributed by atoms with van der Waals surface area (Å²) in [6.07, 6.45) is 0. The van der Waals surface area contributed by atoms with Gasteiger partial charge in [0.05, 0.1) is 0 Å². The number of aromatic hydroxyl groups is 1. The Morgan fingerprint density at radius 2 is 2.00 bits per heavy atom. The van der Waals surface area contributed by atoms with Gasteiger partial charge in [0.15, 0.2) is 0 Å². The van der Waals surface area contributed by atoms with Crippen LogP contribution in [0.5, 0.6) is 5.75 Å². The number of anilines is 1. The lowest BCUT2D eigenvalue weighted by Crippen LogP contribution is -2.07. The molecule has 2 nitrogen and oxygen atoms in total. The van der Waals surface area contributed by atoms with Crippen LogP contribution in [0.2, 0.25) is 0 Å². The van der Waals surface area contributed by atoms with Gasteiger partial charge in [-0.1, -0.05) is 32.0 Å². The number of fused-ring (bicyclic) bond motifs is 1. The molecule has 0 saturated heterocycles. The van der Waals surface area contributed by atoms with Gasteiger partial charge in [-0.2, -0.15) is 0 Å². The molecular formula is C14H17NO. The Morgan fingerprint density at radius 3 is 2.75 bits per heavy atom. The van der Waals surface area contributed by atoms with Crippen LogP contribution in [0.25, 0.3) is 10.8 Å². The fourth-order valence-corrected chi connectivity index (χ4v) is 1.73. The molecule has 0 spiro atoms. The van der Waals surface area contributed by atoms with E-state index in [0.29, 0.717) is 11.7 Å². The average molecular weight is 215 g/mol. The van der Waals surface area contributed by atoms with E-state index in [1.54, 1.807) is 12.1 Å². The first-order chi connectivity index (χ1) is 7.66. The van der Waals surface area contributed by atoms with Gasteiger partial charge in [-0.15, -0.1) is 0 Å². The topological polar surface area (TPSA) is 32.3 Å². The summed E-state index contributed by atoms with van der Waals surface area (Å²) in [5, 5.41) is 15.1. The molecule has 0 radical (unpaired) electrons. The van der Waals surface area contributed by atoms with Gasteiger partial charge >= 0.3 is 0 Å². The molecule has 0 aliphatic heterocycles. The fourth-order valence-electron chi connectivity index (χ4n) is 1.73. The second-order valence-electron chi connectivity index (χ2n) is 4.49. The smallest absolute Gasteiger partial charge is 0.116 e. The van der Waals surface area contributed by atoms with E-state index >= 15 is 0 Å². The average Bonchev–Trinajstić information content (AvgIpc) is 2.26. The zero-order valence-electron chi connectivity index (χ0n) is 9.70. The van der Waals surface area contributed by atoms with E-state index in [0.717, 1.165) is 23.0 Å². The molecule has 2 aromatic carbocycles. The lowest BCUT2D eigenvalue weighted by molar-refractivity contribution is 0.476. The minimum absolute atomic E-state index is 0.311. The van der Waals surface area contributed by atoms with Gasteiger partial charge in [0.25, 0.3) is 0 Å². The zero-order chi connectivity index (χ0) is 11.5. The third kappa shape index (κ3) is 2.27. The Balaban J connectivity index is 2.40. The lowest BCUT2D eigenvalue weighted by atomic mass is 10.1. The molecule has 2 heteroatoms. The Bertz CT molecular complexity index is 491. The van der Waals surface area contributed by atoms with Crippen LogP contribution in [0.3, 0.4) is 0 Å². The van der Waals surface area contributed by atoms with Crippen molar-refractivity contribution >= 4 is 16.5 Å². The van der Waals surface area contributed by atoms with E-state index in [1.165, 1.54) is 0 Å². The van der Waals surface area contributed by atoms with E-state index in [2.05, 4.69) is 25.2 Å². The van der Waals surface area contributed by atoms with E-state index < -0.39 is 0 Å². The van der Waals surface area contributed by atoms with E-state index in [4.69, 9.17) is 0 Å². The van der Waals surface area contributed by atoms with Gasteiger partial charge in [-0.3, -0.25) is 0 Å². The molecule has 0 fully saturated rings. The molecule has 0 aliphatic rings. The van der Waals surface area contributed by atoms with Crippen LogP contribution in [0, 0.1) is 5.92 Å². The third-order valence-corrected chi connectivity index (χ3v) is 2.57. The second-order valence-corrected chi connectivity index (χ2v) is 4.49. The Kier molecular flexibility index (Phi) is 3.00. The summed E-state index contributed by atoms with van der Waals surface area (Å²) in [6.45, 7) is 5.29. The van der Waals surface area contributed by atoms with Crippen molar-refractivity contribution in [3.63, 3.8) is 0 Å². The van der Waals surface area contributed by atoms with Gasteiger partial charge in [-0.05, 0) is 29.5 Å². The molecule has 2 aromatic rings. The van der Waals surface area contributed by atoms with Crippen molar-refractivity contribution in [1.82, 2.24) is 0 Å². The molecule has 0 amide bonds.